The van der Waals surface area contributed by atoms with Crippen LogP contribution in [0.2, 0.25) is 0 Å². The van der Waals surface area contributed by atoms with Crippen molar-refractivity contribution in [3.05, 3.63) is 46.8 Å². The highest BCUT2D eigenvalue weighted by atomic mass is 16.2. The second-order valence-corrected chi connectivity index (χ2v) is 7.74. The van der Waals surface area contributed by atoms with Gasteiger partial charge >= 0.3 is 0 Å². The predicted molar refractivity (Wildman–Crippen MR) is 106 cm³/mol. The zero-order chi connectivity index (χ0) is 19.9. The van der Waals surface area contributed by atoms with Gasteiger partial charge in [0.15, 0.2) is 0 Å². The molecule has 1 saturated heterocycles. The van der Waals surface area contributed by atoms with Gasteiger partial charge in [0.05, 0.1) is 29.0 Å². The number of benzene rings is 1. The summed E-state index contributed by atoms with van der Waals surface area (Å²) in [4.78, 5) is 27.1. The van der Waals surface area contributed by atoms with E-state index < -0.39 is 5.92 Å². The highest BCUT2D eigenvalue weighted by Crippen LogP contribution is 2.38. The Morgan fingerprint density at radius 2 is 1.81 bits per heavy atom. The van der Waals surface area contributed by atoms with E-state index in [1.807, 2.05) is 49.7 Å². The lowest BCUT2D eigenvalue weighted by Gasteiger charge is -2.25. The molecule has 0 saturated carbocycles. The van der Waals surface area contributed by atoms with E-state index in [1.165, 1.54) is 0 Å². The van der Waals surface area contributed by atoms with E-state index in [1.54, 1.807) is 11.9 Å². The lowest BCUT2D eigenvalue weighted by molar-refractivity contribution is -0.127. The number of carbonyl (C=O) groups is 2. The Morgan fingerprint density at radius 3 is 2.37 bits per heavy atom. The lowest BCUT2D eigenvalue weighted by Crippen LogP contribution is -2.30. The van der Waals surface area contributed by atoms with Crippen LogP contribution in [0, 0.1) is 26.7 Å². The minimum atomic E-state index is -0.425. The smallest absolute Gasteiger partial charge is 0.230 e. The molecule has 1 fully saturated rings. The Kier molecular flexibility index (Phi) is 5.09. The fraction of sp³-hybridized carbons (Fsp3) is 0.476. The molecule has 1 aliphatic rings. The van der Waals surface area contributed by atoms with Gasteiger partial charge in [-0.15, -0.1) is 0 Å². The predicted octanol–water partition coefficient (Wildman–Crippen LogP) is 3.55. The van der Waals surface area contributed by atoms with Gasteiger partial charge in [-0.25, -0.2) is 0 Å². The SMILES string of the molecule is Cc1ccc(C2C(C(=O)Nc3c(C)nn(C(C)C)c3C)CC(=O)N2C)cc1. The molecule has 1 aliphatic heterocycles. The van der Waals surface area contributed by atoms with Crippen molar-refractivity contribution in [2.24, 2.45) is 5.92 Å². The van der Waals surface area contributed by atoms with E-state index in [9.17, 15) is 9.59 Å². The summed E-state index contributed by atoms with van der Waals surface area (Å²) < 4.78 is 1.91. The maximum absolute atomic E-state index is 13.1. The number of anilines is 1. The minimum Gasteiger partial charge on any atom is -0.338 e. The number of aromatic nitrogens is 2. The van der Waals surface area contributed by atoms with Crippen molar-refractivity contribution in [2.45, 2.75) is 53.1 Å². The molecule has 1 aromatic heterocycles. The van der Waals surface area contributed by atoms with Gasteiger partial charge in [-0.1, -0.05) is 29.8 Å². The van der Waals surface area contributed by atoms with Crippen LogP contribution < -0.4 is 5.32 Å². The normalized spacial score (nSPS) is 19.8. The maximum atomic E-state index is 13.1. The van der Waals surface area contributed by atoms with Gasteiger partial charge in [0.1, 0.15) is 0 Å². The first-order chi connectivity index (χ1) is 12.7. The van der Waals surface area contributed by atoms with Crippen LogP contribution in [-0.4, -0.2) is 33.5 Å². The molecule has 2 amide bonds. The number of hydrogen-bond acceptors (Lipinski definition) is 3. The fourth-order valence-corrected chi connectivity index (χ4v) is 3.89. The van der Waals surface area contributed by atoms with Crippen LogP contribution in [0.4, 0.5) is 5.69 Å². The molecule has 1 N–H and O–H groups in total. The molecule has 3 rings (SSSR count). The molecule has 0 radical (unpaired) electrons. The highest BCUT2D eigenvalue weighted by molar-refractivity contribution is 5.98. The van der Waals surface area contributed by atoms with Crippen LogP contribution in [0.1, 0.15) is 54.9 Å². The Bertz CT molecular complexity index is 867. The standard InChI is InChI=1S/C21H28N4O2/c1-12(2)25-15(5)19(14(4)23-25)22-21(27)17-11-18(26)24(6)20(17)16-9-7-13(3)8-10-16/h7-10,12,17,20H,11H2,1-6H3,(H,22,27). The average Bonchev–Trinajstić information content (AvgIpc) is 3.07. The first-order valence-corrected chi connectivity index (χ1v) is 9.39. The molecule has 2 aromatic rings. The summed E-state index contributed by atoms with van der Waals surface area (Å²) in [5.41, 5.74) is 4.61. The van der Waals surface area contributed by atoms with Gasteiger partial charge in [-0.3, -0.25) is 14.3 Å². The minimum absolute atomic E-state index is 0.00737. The van der Waals surface area contributed by atoms with E-state index in [2.05, 4.69) is 24.3 Å². The molecule has 0 bridgehead atoms. The van der Waals surface area contributed by atoms with E-state index >= 15 is 0 Å². The molecule has 6 nitrogen and oxygen atoms in total. The third kappa shape index (κ3) is 3.48. The Hall–Kier alpha value is -2.63. The van der Waals surface area contributed by atoms with Crippen LogP contribution >= 0.6 is 0 Å². The van der Waals surface area contributed by atoms with E-state index in [4.69, 9.17) is 0 Å². The molecule has 1 aromatic carbocycles. The van der Waals surface area contributed by atoms with E-state index in [0.717, 1.165) is 28.2 Å². The van der Waals surface area contributed by atoms with Crippen LogP contribution in [0.5, 0.6) is 0 Å². The zero-order valence-corrected chi connectivity index (χ0v) is 16.9. The topological polar surface area (TPSA) is 67.2 Å². The van der Waals surface area contributed by atoms with E-state index in [0.29, 0.717) is 0 Å². The molecule has 6 heteroatoms. The molecular formula is C21H28N4O2. The second kappa shape index (κ2) is 7.18. The number of aryl methyl sites for hydroxylation is 2. The molecule has 2 heterocycles. The van der Waals surface area contributed by atoms with Crippen molar-refractivity contribution in [1.82, 2.24) is 14.7 Å². The number of nitrogens with zero attached hydrogens (tertiary/aromatic N) is 3. The zero-order valence-electron chi connectivity index (χ0n) is 16.9. The summed E-state index contributed by atoms with van der Waals surface area (Å²) in [7, 11) is 1.77. The first-order valence-electron chi connectivity index (χ1n) is 9.39. The lowest BCUT2D eigenvalue weighted by atomic mass is 9.92. The summed E-state index contributed by atoms with van der Waals surface area (Å²) in [5.74, 6) is -0.564. The number of amides is 2. The van der Waals surface area contributed by atoms with Crippen molar-refractivity contribution in [2.75, 3.05) is 12.4 Å². The number of hydrogen-bond donors (Lipinski definition) is 1. The quantitative estimate of drug-likeness (QED) is 0.897. The van der Waals surface area contributed by atoms with Crippen LogP contribution in [0.25, 0.3) is 0 Å². The molecule has 27 heavy (non-hydrogen) atoms. The monoisotopic (exact) mass is 368 g/mol. The molecule has 0 aliphatic carbocycles. The van der Waals surface area contributed by atoms with E-state index in [-0.39, 0.29) is 30.3 Å². The average molecular weight is 368 g/mol. The van der Waals surface area contributed by atoms with Gasteiger partial charge in [0, 0.05) is 19.5 Å². The molecule has 2 unspecified atom stereocenters. The van der Waals surface area contributed by atoms with Gasteiger partial charge in [0.2, 0.25) is 11.8 Å². The summed E-state index contributed by atoms with van der Waals surface area (Å²) >= 11 is 0. The van der Waals surface area contributed by atoms with Crippen LogP contribution in [-0.2, 0) is 9.59 Å². The number of likely N-dealkylation sites (tertiary alicyclic amines) is 1. The van der Waals surface area contributed by atoms with Crippen LogP contribution in [0.15, 0.2) is 24.3 Å². The second-order valence-electron chi connectivity index (χ2n) is 7.74. The first kappa shape index (κ1) is 19.1. The fourth-order valence-electron chi connectivity index (χ4n) is 3.89. The third-order valence-corrected chi connectivity index (χ3v) is 5.40. The Morgan fingerprint density at radius 1 is 1.19 bits per heavy atom. The van der Waals surface area contributed by atoms with Crippen LogP contribution in [0.3, 0.4) is 0 Å². The number of carbonyl (C=O) groups excluding carboxylic acids is 2. The number of rotatable bonds is 4. The van der Waals surface area contributed by atoms with Gasteiger partial charge < -0.3 is 10.2 Å². The van der Waals surface area contributed by atoms with Gasteiger partial charge in [-0.05, 0) is 40.2 Å². The largest absolute Gasteiger partial charge is 0.338 e. The van der Waals surface area contributed by atoms with Crippen molar-refractivity contribution < 1.29 is 9.59 Å². The maximum Gasteiger partial charge on any atom is 0.230 e. The van der Waals surface area contributed by atoms with Gasteiger partial charge in [-0.2, -0.15) is 5.10 Å². The molecular weight excluding hydrogens is 340 g/mol. The van der Waals surface area contributed by atoms with Crippen molar-refractivity contribution in [1.29, 1.82) is 0 Å². The summed E-state index contributed by atoms with van der Waals surface area (Å²) in [6.07, 6.45) is 0.220. The molecule has 0 spiro atoms. The summed E-state index contributed by atoms with van der Waals surface area (Å²) in [5, 5.41) is 7.58. The number of nitrogens with one attached hydrogen (secondary N) is 1. The molecule has 2 atom stereocenters. The molecule has 144 valence electrons. The summed E-state index contributed by atoms with van der Waals surface area (Å²) in [6, 6.07) is 8.00. The van der Waals surface area contributed by atoms with Crippen molar-refractivity contribution in [3.8, 4) is 0 Å². The summed E-state index contributed by atoms with van der Waals surface area (Å²) in [6.45, 7) is 9.99. The van der Waals surface area contributed by atoms with Gasteiger partial charge in [0.25, 0.3) is 0 Å². The third-order valence-electron chi connectivity index (χ3n) is 5.40. The Labute approximate surface area is 160 Å². The Balaban J connectivity index is 1.89. The highest BCUT2D eigenvalue weighted by Gasteiger charge is 2.43. The van der Waals surface area contributed by atoms with Crippen molar-refractivity contribution >= 4 is 17.5 Å². The van der Waals surface area contributed by atoms with Crippen molar-refractivity contribution in [3.63, 3.8) is 0 Å².